The van der Waals surface area contributed by atoms with Gasteiger partial charge in [-0.25, -0.2) is 0 Å². The lowest BCUT2D eigenvalue weighted by atomic mass is 10.2. The lowest BCUT2D eigenvalue weighted by Gasteiger charge is -2.18. The number of para-hydroxylation sites is 1. The number of benzene rings is 1. The van der Waals surface area contributed by atoms with E-state index in [-0.39, 0.29) is 6.10 Å². The molecular formula is C19H26N4O. The normalized spacial score (nSPS) is 12.5. The summed E-state index contributed by atoms with van der Waals surface area (Å²) in [5.74, 6) is 1.70. The zero-order valence-electron chi connectivity index (χ0n) is 14.6. The third kappa shape index (κ3) is 5.91. The van der Waals surface area contributed by atoms with E-state index in [2.05, 4.69) is 39.7 Å². The van der Waals surface area contributed by atoms with Gasteiger partial charge in [-0.15, -0.1) is 0 Å². The van der Waals surface area contributed by atoms with Gasteiger partial charge in [-0.1, -0.05) is 24.3 Å². The van der Waals surface area contributed by atoms with E-state index in [0.29, 0.717) is 6.54 Å². The van der Waals surface area contributed by atoms with E-state index in [0.717, 1.165) is 30.2 Å². The quantitative estimate of drug-likeness (QED) is 0.606. The highest BCUT2D eigenvalue weighted by Crippen LogP contribution is 2.17. The molecule has 2 rings (SSSR count). The van der Waals surface area contributed by atoms with Crippen molar-refractivity contribution in [1.29, 1.82) is 0 Å². The summed E-state index contributed by atoms with van der Waals surface area (Å²) in [7, 11) is 1.77. The summed E-state index contributed by atoms with van der Waals surface area (Å²) >= 11 is 0. The molecule has 0 bridgehead atoms. The van der Waals surface area contributed by atoms with Gasteiger partial charge in [0.25, 0.3) is 0 Å². The van der Waals surface area contributed by atoms with Gasteiger partial charge in [-0.05, 0) is 43.5 Å². The summed E-state index contributed by atoms with van der Waals surface area (Å²) in [6.45, 7) is 5.58. The van der Waals surface area contributed by atoms with Gasteiger partial charge in [0.1, 0.15) is 11.9 Å². The molecule has 0 saturated heterocycles. The molecule has 0 aliphatic rings. The third-order valence-corrected chi connectivity index (χ3v) is 3.63. The van der Waals surface area contributed by atoms with Crippen LogP contribution < -0.4 is 15.4 Å². The van der Waals surface area contributed by atoms with Crippen molar-refractivity contribution >= 4 is 5.96 Å². The standard InChI is InChI=1S/C19H26N4O/c1-15-7-4-5-9-18(15)24-16(2)13-23-19(20-3)22-12-10-17-8-6-11-21-14-17/h4-9,11,14,16H,10,12-13H2,1-3H3,(H2,20,22,23). The number of hydrogen-bond acceptors (Lipinski definition) is 3. The van der Waals surface area contributed by atoms with E-state index in [4.69, 9.17) is 4.74 Å². The number of nitrogens with zero attached hydrogens (tertiary/aromatic N) is 2. The minimum Gasteiger partial charge on any atom is -0.489 e. The number of aryl methyl sites for hydroxylation is 1. The molecule has 5 heteroatoms. The molecule has 2 N–H and O–H groups in total. The van der Waals surface area contributed by atoms with Crippen LogP contribution >= 0.6 is 0 Å². The van der Waals surface area contributed by atoms with Crippen molar-refractivity contribution in [1.82, 2.24) is 15.6 Å². The Hall–Kier alpha value is -2.56. The number of guanidine groups is 1. The van der Waals surface area contributed by atoms with Crippen LogP contribution in [0, 0.1) is 6.92 Å². The molecule has 128 valence electrons. The van der Waals surface area contributed by atoms with Crippen LogP contribution in [0.15, 0.2) is 53.8 Å². The number of hydrogen-bond donors (Lipinski definition) is 2. The highest BCUT2D eigenvalue weighted by Gasteiger charge is 2.07. The first-order valence-corrected chi connectivity index (χ1v) is 8.24. The molecule has 0 spiro atoms. The Morgan fingerprint density at radius 1 is 1.21 bits per heavy atom. The molecule has 1 aromatic heterocycles. The molecule has 0 aliphatic heterocycles. The summed E-state index contributed by atoms with van der Waals surface area (Å²) in [6.07, 6.45) is 4.62. The third-order valence-electron chi connectivity index (χ3n) is 3.63. The molecule has 1 aromatic carbocycles. The van der Waals surface area contributed by atoms with Gasteiger partial charge in [0.2, 0.25) is 0 Å². The highest BCUT2D eigenvalue weighted by molar-refractivity contribution is 5.79. The van der Waals surface area contributed by atoms with Gasteiger partial charge in [-0.2, -0.15) is 0 Å². The van der Waals surface area contributed by atoms with Gasteiger partial charge >= 0.3 is 0 Å². The van der Waals surface area contributed by atoms with Gasteiger partial charge < -0.3 is 15.4 Å². The monoisotopic (exact) mass is 326 g/mol. The maximum Gasteiger partial charge on any atom is 0.191 e. The second-order valence-electron chi connectivity index (χ2n) is 5.69. The fourth-order valence-electron chi connectivity index (χ4n) is 2.28. The fourth-order valence-corrected chi connectivity index (χ4v) is 2.28. The molecule has 2 aromatic rings. The Balaban J connectivity index is 1.72. The Labute approximate surface area is 144 Å². The Bertz CT molecular complexity index is 643. The lowest BCUT2D eigenvalue weighted by Crippen LogP contribution is -2.42. The number of ether oxygens (including phenoxy) is 1. The van der Waals surface area contributed by atoms with E-state index in [9.17, 15) is 0 Å². The molecule has 0 radical (unpaired) electrons. The first-order valence-electron chi connectivity index (χ1n) is 8.24. The molecular weight excluding hydrogens is 300 g/mol. The molecule has 24 heavy (non-hydrogen) atoms. The number of nitrogens with one attached hydrogen (secondary N) is 2. The van der Waals surface area contributed by atoms with Crippen LogP contribution in [-0.4, -0.2) is 37.2 Å². The van der Waals surface area contributed by atoms with Crippen LogP contribution in [-0.2, 0) is 6.42 Å². The van der Waals surface area contributed by atoms with E-state index in [1.165, 1.54) is 5.56 Å². The van der Waals surface area contributed by atoms with Crippen LogP contribution in [0.4, 0.5) is 0 Å². The van der Waals surface area contributed by atoms with Gasteiger partial charge in [0, 0.05) is 26.0 Å². The van der Waals surface area contributed by atoms with Crippen LogP contribution in [0.25, 0.3) is 0 Å². The predicted molar refractivity (Wildman–Crippen MR) is 98.6 cm³/mol. The second-order valence-corrected chi connectivity index (χ2v) is 5.69. The molecule has 0 saturated carbocycles. The van der Waals surface area contributed by atoms with Crippen LogP contribution in [0.5, 0.6) is 5.75 Å². The van der Waals surface area contributed by atoms with Crippen molar-refractivity contribution in [2.24, 2.45) is 4.99 Å². The maximum atomic E-state index is 5.96. The Kier molecular flexibility index (Phi) is 7.08. The van der Waals surface area contributed by atoms with Crippen molar-refractivity contribution in [3.63, 3.8) is 0 Å². The van der Waals surface area contributed by atoms with Crippen molar-refractivity contribution in [2.45, 2.75) is 26.4 Å². The maximum absolute atomic E-state index is 5.96. The number of rotatable bonds is 7. The Morgan fingerprint density at radius 2 is 2.04 bits per heavy atom. The minimum absolute atomic E-state index is 0.0444. The Morgan fingerprint density at radius 3 is 2.75 bits per heavy atom. The molecule has 5 nitrogen and oxygen atoms in total. The summed E-state index contributed by atoms with van der Waals surface area (Å²) in [6, 6.07) is 12.1. The summed E-state index contributed by atoms with van der Waals surface area (Å²) in [5.41, 5.74) is 2.35. The lowest BCUT2D eigenvalue weighted by molar-refractivity contribution is 0.222. The van der Waals surface area contributed by atoms with Crippen LogP contribution in [0.3, 0.4) is 0 Å². The minimum atomic E-state index is 0.0444. The van der Waals surface area contributed by atoms with Crippen LogP contribution in [0.1, 0.15) is 18.1 Å². The van der Waals surface area contributed by atoms with E-state index < -0.39 is 0 Å². The van der Waals surface area contributed by atoms with Crippen molar-refractivity contribution in [3.8, 4) is 5.75 Å². The van der Waals surface area contributed by atoms with Gasteiger partial charge in [-0.3, -0.25) is 9.98 Å². The zero-order valence-corrected chi connectivity index (χ0v) is 14.6. The van der Waals surface area contributed by atoms with Crippen molar-refractivity contribution in [2.75, 3.05) is 20.1 Å². The second kappa shape index (κ2) is 9.55. The molecule has 1 unspecified atom stereocenters. The first-order chi connectivity index (χ1) is 11.7. The number of aromatic nitrogens is 1. The summed E-state index contributed by atoms with van der Waals surface area (Å²) in [4.78, 5) is 8.36. The average molecular weight is 326 g/mol. The molecule has 0 fully saturated rings. The van der Waals surface area contributed by atoms with Crippen molar-refractivity contribution < 1.29 is 4.74 Å². The van der Waals surface area contributed by atoms with E-state index >= 15 is 0 Å². The van der Waals surface area contributed by atoms with E-state index in [1.54, 1.807) is 13.2 Å². The largest absolute Gasteiger partial charge is 0.489 e. The summed E-state index contributed by atoms with van der Waals surface area (Å²) in [5, 5.41) is 6.60. The number of pyridine rings is 1. The molecule has 0 amide bonds. The molecule has 0 aliphatic carbocycles. The van der Waals surface area contributed by atoms with Crippen LogP contribution in [0.2, 0.25) is 0 Å². The number of aliphatic imine (C=N–C) groups is 1. The van der Waals surface area contributed by atoms with Gasteiger partial charge in [0.15, 0.2) is 5.96 Å². The van der Waals surface area contributed by atoms with Crippen molar-refractivity contribution in [3.05, 3.63) is 59.9 Å². The zero-order chi connectivity index (χ0) is 17.2. The average Bonchev–Trinajstić information content (AvgIpc) is 2.61. The predicted octanol–water partition coefficient (Wildman–Crippen LogP) is 2.57. The molecule has 1 atom stereocenters. The molecule has 1 heterocycles. The highest BCUT2D eigenvalue weighted by atomic mass is 16.5. The summed E-state index contributed by atoms with van der Waals surface area (Å²) < 4.78 is 5.96. The SMILES string of the molecule is CN=C(NCCc1cccnc1)NCC(C)Oc1ccccc1C. The topological polar surface area (TPSA) is 58.5 Å². The first kappa shape index (κ1) is 17.8. The van der Waals surface area contributed by atoms with Gasteiger partial charge in [0.05, 0.1) is 6.54 Å². The smallest absolute Gasteiger partial charge is 0.191 e. The van der Waals surface area contributed by atoms with E-state index in [1.807, 2.05) is 37.4 Å². The fraction of sp³-hybridized carbons (Fsp3) is 0.368.